The van der Waals surface area contributed by atoms with E-state index in [2.05, 4.69) is 48.9 Å². The maximum Gasteiger partial charge on any atom is 0.315 e. The Morgan fingerprint density at radius 3 is 2.43 bits per heavy atom. The molecule has 1 saturated heterocycles. The number of fused-ring (bicyclic) bond motifs is 2. The minimum absolute atomic E-state index is 0.155. The lowest BCUT2D eigenvalue weighted by Gasteiger charge is -2.42. The van der Waals surface area contributed by atoms with E-state index in [1.54, 1.807) is 12.5 Å². The van der Waals surface area contributed by atoms with Gasteiger partial charge < -0.3 is 20.3 Å². The van der Waals surface area contributed by atoms with E-state index in [0.717, 1.165) is 46.7 Å². The topological polar surface area (TPSA) is 111 Å². The SMILES string of the molecule is Cn1cncc1C(NC(=O)NC(C)(C)C)C1=Cc2cccnc2C(N2CCN(C(O)NC(C)(C)C)CC2)c2ccc(Cl)cc21. The number of hydrogen-bond acceptors (Lipinski definition) is 7. The molecule has 3 unspecified atom stereocenters. The molecule has 44 heavy (non-hydrogen) atoms. The lowest BCUT2D eigenvalue weighted by Crippen LogP contribution is -2.58. The number of aromatic nitrogens is 3. The molecule has 1 fully saturated rings. The number of hydrogen-bond donors (Lipinski definition) is 4. The molecule has 3 atom stereocenters. The average Bonchev–Trinajstić information content (AvgIpc) is 3.30. The summed E-state index contributed by atoms with van der Waals surface area (Å²) < 4.78 is 1.93. The quantitative estimate of drug-likeness (QED) is 0.300. The van der Waals surface area contributed by atoms with Crippen LogP contribution in [0, 0.1) is 0 Å². The first-order chi connectivity index (χ1) is 20.7. The van der Waals surface area contributed by atoms with Crippen molar-refractivity contribution in [1.82, 2.24) is 40.3 Å². The summed E-state index contributed by atoms with van der Waals surface area (Å²) >= 11 is 6.69. The van der Waals surface area contributed by atoms with Crippen LogP contribution in [0.25, 0.3) is 11.6 Å². The van der Waals surface area contributed by atoms with Crippen LogP contribution in [0.5, 0.6) is 0 Å². The largest absolute Gasteiger partial charge is 0.365 e. The van der Waals surface area contributed by atoms with Gasteiger partial charge in [0.1, 0.15) is 0 Å². The number of carbonyl (C=O) groups excluding carboxylic acids is 1. The van der Waals surface area contributed by atoms with Crippen LogP contribution in [0.4, 0.5) is 4.79 Å². The number of halogens is 1. The van der Waals surface area contributed by atoms with Gasteiger partial charge >= 0.3 is 6.03 Å². The van der Waals surface area contributed by atoms with Crippen LogP contribution >= 0.6 is 11.6 Å². The summed E-state index contributed by atoms with van der Waals surface area (Å²) in [4.78, 5) is 27.2. The summed E-state index contributed by atoms with van der Waals surface area (Å²) in [5, 5.41) is 21.0. The summed E-state index contributed by atoms with van der Waals surface area (Å²) in [5.41, 5.74) is 5.03. The van der Waals surface area contributed by atoms with Crippen LogP contribution in [0.15, 0.2) is 49.1 Å². The molecule has 236 valence electrons. The number of benzene rings is 1. The monoisotopic (exact) mass is 620 g/mol. The van der Waals surface area contributed by atoms with Crippen molar-refractivity contribution in [2.45, 2.75) is 71.1 Å². The molecule has 5 rings (SSSR count). The molecule has 3 aromatic rings. The Morgan fingerprint density at radius 1 is 1.07 bits per heavy atom. The number of nitrogens with one attached hydrogen (secondary N) is 3. The standard InChI is InChI=1S/C33H45ClN8O2/c1-32(2,3)38-30(43)37-28(26-19-35-20-40(26)7)25-17-21-9-8-12-36-27(21)29(23-11-10-22(34)18-24(23)25)41-13-15-42(16-14-41)31(44)39-33(4,5)6/h8-12,17-20,28-29,31,39,44H,13-16H2,1-7H3,(H2,37,38,43). The number of imidazole rings is 1. The number of urea groups is 1. The lowest BCUT2D eigenvalue weighted by molar-refractivity contribution is -0.0628. The number of amides is 2. The number of aliphatic hydroxyl groups is 1. The minimum Gasteiger partial charge on any atom is -0.365 e. The van der Waals surface area contributed by atoms with E-state index in [1.165, 1.54) is 0 Å². The first kappa shape index (κ1) is 32.1. The molecule has 11 heteroatoms. The summed E-state index contributed by atoms with van der Waals surface area (Å²) in [7, 11) is 1.93. The number of rotatable bonds is 6. The molecule has 2 amide bonds. The van der Waals surface area contributed by atoms with E-state index in [9.17, 15) is 9.90 Å². The van der Waals surface area contributed by atoms with Gasteiger partial charge in [0.25, 0.3) is 0 Å². The third-order valence-electron chi connectivity index (χ3n) is 7.91. The van der Waals surface area contributed by atoms with Crippen molar-refractivity contribution in [3.05, 3.63) is 82.2 Å². The third kappa shape index (κ3) is 7.33. The summed E-state index contributed by atoms with van der Waals surface area (Å²) in [5.74, 6) is 0. The van der Waals surface area contributed by atoms with Gasteiger partial charge in [0.2, 0.25) is 0 Å². The van der Waals surface area contributed by atoms with E-state index >= 15 is 0 Å². The van der Waals surface area contributed by atoms with Crippen molar-refractivity contribution in [2.75, 3.05) is 26.2 Å². The molecular formula is C33H45ClN8O2. The van der Waals surface area contributed by atoms with E-state index in [0.29, 0.717) is 18.1 Å². The van der Waals surface area contributed by atoms with Gasteiger partial charge in [-0.2, -0.15) is 0 Å². The first-order valence-electron chi connectivity index (χ1n) is 15.2. The highest BCUT2D eigenvalue weighted by atomic mass is 35.5. The van der Waals surface area contributed by atoms with Gasteiger partial charge in [-0.3, -0.25) is 20.1 Å². The maximum absolute atomic E-state index is 13.4. The number of aliphatic hydroxyl groups excluding tert-OH is 1. The Morgan fingerprint density at radius 2 is 1.80 bits per heavy atom. The highest BCUT2D eigenvalue weighted by Crippen LogP contribution is 2.44. The molecule has 0 radical (unpaired) electrons. The molecule has 2 aliphatic rings. The molecule has 0 saturated carbocycles. The van der Waals surface area contributed by atoms with E-state index < -0.39 is 17.9 Å². The van der Waals surface area contributed by atoms with Crippen LogP contribution in [0.3, 0.4) is 0 Å². The van der Waals surface area contributed by atoms with Gasteiger partial charge in [-0.1, -0.05) is 23.7 Å². The van der Waals surface area contributed by atoms with Crippen LogP contribution in [-0.4, -0.2) is 79.1 Å². The zero-order chi connectivity index (χ0) is 31.8. The van der Waals surface area contributed by atoms with E-state index in [-0.39, 0.29) is 17.6 Å². The predicted octanol–water partition coefficient (Wildman–Crippen LogP) is 4.53. The Balaban J connectivity index is 1.57. The highest BCUT2D eigenvalue weighted by molar-refractivity contribution is 6.30. The number of pyridine rings is 1. The number of piperazine rings is 1. The summed E-state index contributed by atoms with van der Waals surface area (Å²) in [6.07, 6.45) is 6.76. The van der Waals surface area contributed by atoms with E-state index in [1.807, 2.05) is 77.6 Å². The smallest absolute Gasteiger partial charge is 0.315 e. The fraction of sp³-hybridized carbons (Fsp3) is 0.485. The number of aryl methyl sites for hydroxylation is 1. The van der Waals surface area contributed by atoms with Gasteiger partial charge in [0.15, 0.2) is 6.35 Å². The first-order valence-corrected chi connectivity index (χ1v) is 15.5. The van der Waals surface area contributed by atoms with Gasteiger partial charge in [-0.25, -0.2) is 9.78 Å². The molecule has 3 heterocycles. The van der Waals surface area contributed by atoms with Gasteiger partial charge in [0, 0.05) is 55.5 Å². The van der Waals surface area contributed by atoms with Crippen LogP contribution in [0.2, 0.25) is 5.02 Å². The normalized spacial score (nSPS) is 19.3. The molecule has 0 spiro atoms. The predicted molar refractivity (Wildman–Crippen MR) is 175 cm³/mol. The molecule has 10 nitrogen and oxygen atoms in total. The Kier molecular flexibility index (Phi) is 9.21. The van der Waals surface area contributed by atoms with Gasteiger partial charge in [-0.15, -0.1) is 0 Å². The van der Waals surface area contributed by atoms with Crippen molar-refractivity contribution in [3.63, 3.8) is 0 Å². The molecular weight excluding hydrogens is 576 g/mol. The van der Waals surface area contributed by atoms with E-state index in [4.69, 9.17) is 16.6 Å². The average molecular weight is 621 g/mol. The molecule has 2 aromatic heterocycles. The molecule has 0 bridgehead atoms. The van der Waals surface area contributed by atoms with Crippen LogP contribution in [-0.2, 0) is 7.05 Å². The Hall–Kier alpha value is -3.28. The lowest BCUT2D eigenvalue weighted by atomic mass is 9.89. The fourth-order valence-corrected chi connectivity index (χ4v) is 6.15. The second-order valence-electron chi connectivity index (χ2n) is 13.8. The highest BCUT2D eigenvalue weighted by Gasteiger charge is 2.36. The summed E-state index contributed by atoms with van der Waals surface area (Å²) in [6, 6.07) is 9.05. The number of carbonyl (C=O) groups is 1. The van der Waals surface area contributed by atoms with Crippen LogP contribution in [0.1, 0.15) is 81.7 Å². The summed E-state index contributed by atoms with van der Waals surface area (Å²) in [6.45, 7) is 14.9. The maximum atomic E-state index is 13.4. The zero-order valence-corrected chi connectivity index (χ0v) is 27.5. The van der Waals surface area contributed by atoms with Crippen molar-refractivity contribution in [1.29, 1.82) is 0 Å². The molecule has 1 aliphatic carbocycles. The van der Waals surface area contributed by atoms with Crippen molar-refractivity contribution < 1.29 is 9.90 Å². The minimum atomic E-state index is -0.721. The second-order valence-corrected chi connectivity index (χ2v) is 14.2. The number of nitrogens with zero attached hydrogens (tertiary/aromatic N) is 5. The van der Waals surface area contributed by atoms with Gasteiger partial charge in [-0.05, 0) is 88.1 Å². The molecule has 1 aromatic carbocycles. The van der Waals surface area contributed by atoms with Gasteiger partial charge in [0.05, 0.1) is 36.0 Å². The van der Waals surface area contributed by atoms with Crippen molar-refractivity contribution >= 4 is 29.3 Å². The third-order valence-corrected chi connectivity index (χ3v) is 8.14. The zero-order valence-electron chi connectivity index (χ0n) is 26.7. The fourth-order valence-electron chi connectivity index (χ4n) is 5.98. The molecule has 1 aliphatic heterocycles. The van der Waals surface area contributed by atoms with Crippen LogP contribution < -0.4 is 16.0 Å². The molecule has 4 N–H and O–H groups in total. The second kappa shape index (κ2) is 12.6. The Labute approximate surface area is 265 Å². The van der Waals surface area contributed by atoms with Crippen molar-refractivity contribution in [2.24, 2.45) is 7.05 Å². The Bertz CT molecular complexity index is 1510. The van der Waals surface area contributed by atoms with Crippen molar-refractivity contribution in [3.8, 4) is 0 Å².